The molecule has 22 heavy (non-hydrogen) atoms. The number of likely N-dealkylation sites (N-methyl/N-ethyl adjacent to an activating group) is 1. The molecule has 118 valence electrons. The topological polar surface area (TPSA) is 67.6 Å². The van der Waals surface area contributed by atoms with E-state index in [-0.39, 0.29) is 12.5 Å². The predicted molar refractivity (Wildman–Crippen MR) is 83.5 cm³/mol. The monoisotopic (exact) mass is 303 g/mol. The quantitative estimate of drug-likeness (QED) is 0.881. The van der Waals surface area contributed by atoms with Crippen molar-refractivity contribution >= 4 is 5.91 Å². The number of methoxy groups -OCH3 is 1. The van der Waals surface area contributed by atoms with E-state index in [4.69, 9.17) is 9.84 Å². The van der Waals surface area contributed by atoms with Crippen molar-refractivity contribution in [3.8, 4) is 11.4 Å². The lowest BCUT2D eigenvalue weighted by molar-refractivity contribution is 0.0725. The maximum absolute atomic E-state index is 12.3. The lowest BCUT2D eigenvalue weighted by atomic mass is 10.2. The van der Waals surface area contributed by atoms with Gasteiger partial charge in [0.2, 0.25) is 0 Å². The molecule has 2 aromatic rings. The lowest BCUT2D eigenvalue weighted by Crippen LogP contribution is -2.33. The van der Waals surface area contributed by atoms with E-state index in [1.165, 1.54) is 0 Å². The number of hydrogen-bond acceptors (Lipinski definition) is 4. The molecule has 0 aliphatic heterocycles. The second-order valence-electron chi connectivity index (χ2n) is 4.93. The number of aryl methyl sites for hydroxylation is 1. The van der Waals surface area contributed by atoms with Crippen LogP contribution >= 0.6 is 0 Å². The molecule has 0 saturated heterocycles. The van der Waals surface area contributed by atoms with Crippen LogP contribution in [0.1, 0.15) is 23.0 Å². The normalized spacial score (nSPS) is 10.5. The molecule has 1 N–H and O–H groups in total. The van der Waals surface area contributed by atoms with Crippen LogP contribution in [0.5, 0.6) is 5.75 Å². The van der Waals surface area contributed by atoms with Gasteiger partial charge in [-0.3, -0.25) is 4.79 Å². The number of carbonyl (C=O) groups excluding carboxylic acids is 1. The molecule has 2 rings (SSSR count). The third kappa shape index (κ3) is 3.28. The van der Waals surface area contributed by atoms with E-state index in [1.54, 1.807) is 29.0 Å². The van der Waals surface area contributed by atoms with Crippen LogP contribution in [0, 0.1) is 6.92 Å². The third-order valence-corrected chi connectivity index (χ3v) is 3.43. The maximum Gasteiger partial charge on any atom is 0.274 e. The number of aliphatic hydroxyl groups is 1. The molecule has 1 aromatic heterocycles. The first kappa shape index (κ1) is 16.0. The van der Waals surface area contributed by atoms with Gasteiger partial charge in [0, 0.05) is 19.3 Å². The summed E-state index contributed by atoms with van der Waals surface area (Å²) in [7, 11) is 1.60. The second kappa shape index (κ2) is 7.09. The fourth-order valence-corrected chi connectivity index (χ4v) is 2.24. The first-order chi connectivity index (χ1) is 10.6. The highest BCUT2D eigenvalue weighted by molar-refractivity contribution is 5.92. The fourth-order valence-electron chi connectivity index (χ4n) is 2.24. The Labute approximate surface area is 129 Å². The summed E-state index contributed by atoms with van der Waals surface area (Å²) in [5.41, 5.74) is 2.21. The lowest BCUT2D eigenvalue weighted by Gasteiger charge is -2.18. The Balaban J connectivity index is 2.32. The molecule has 0 saturated carbocycles. The first-order valence-electron chi connectivity index (χ1n) is 7.21. The van der Waals surface area contributed by atoms with Gasteiger partial charge in [-0.05, 0) is 37.6 Å². The van der Waals surface area contributed by atoms with Gasteiger partial charge < -0.3 is 14.7 Å². The number of rotatable bonds is 6. The summed E-state index contributed by atoms with van der Waals surface area (Å²) < 4.78 is 6.97. The average Bonchev–Trinajstić information content (AvgIpc) is 3.01. The highest BCUT2D eigenvalue weighted by Gasteiger charge is 2.17. The number of ether oxygens (including phenoxy) is 1. The molecule has 0 unspecified atom stereocenters. The number of carbonyl (C=O) groups is 1. The van der Waals surface area contributed by atoms with Gasteiger partial charge in [-0.15, -0.1) is 0 Å². The van der Waals surface area contributed by atoms with Gasteiger partial charge >= 0.3 is 0 Å². The van der Waals surface area contributed by atoms with Crippen LogP contribution in [0.3, 0.4) is 0 Å². The molecule has 0 atom stereocenters. The summed E-state index contributed by atoms with van der Waals surface area (Å²) in [6.45, 7) is 4.62. The van der Waals surface area contributed by atoms with Crippen molar-refractivity contribution in [1.82, 2.24) is 14.7 Å². The van der Waals surface area contributed by atoms with Crippen molar-refractivity contribution in [3.05, 3.63) is 41.7 Å². The molecule has 1 aromatic carbocycles. The summed E-state index contributed by atoms with van der Waals surface area (Å²) >= 11 is 0. The summed E-state index contributed by atoms with van der Waals surface area (Å²) in [6.07, 6.45) is 1.73. The number of aromatic nitrogens is 2. The summed E-state index contributed by atoms with van der Waals surface area (Å²) in [5.74, 6) is 0.498. The molecular weight excluding hydrogens is 282 g/mol. The SMILES string of the molecule is CCN(CCO)C(=O)c1ccn(-c2cc(C)ccc2OC)n1. The third-order valence-electron chi connectivity index (χ3n) is 3.43. The van der Waals surface area contributed by atoms with Crippen LogP contribution in [0.15, 0.2) is 30.5 Å². The second-order valence-corrected chi connectivity index (χ2v) is 4.93. The van der Waals surface area contributed by atoms with Crippen LogP contribution in [-0.4, -0.2) is 52.5 Å². The average molecular weight is 303 g/mol. The van der Waals surface area contributed by atoms with Gasteiger partial charge in [0.15, 0.2) is 5.69 Å². The van der Waals surface area contributed by atoms with Crippen LogP contribution in [-0.2, 0) is 0 Å². The van der Waals surface area contributed by atoms with Crippen molar-refractivity contribution in [3.63, 3.8) is 0 Å². The zero-order valence-electron chi connectivity index (χ0n) is 13.1. The molecule has 1 amide bonds. The molecule has 0 aliphatic carbocycles. The molecule has 0 bridgehead atoms. The van der Waals surface area contributed by atoms with E-state index in [2.05, 4.69) is 5.10 Å². The van der Waals surface area contributed by atoms with Crippen molar-refractivity contribution < 1.29 is 14.6 Å². The Bertz CT molecular complexity index is 652. The van der Waals surface area contributed by atoms with Crippen LogP contribution in [0.2, 0.25) is 0 Å². The van der Waals surface area contributed by atoms with Crippen LogP contribution in [0.4, 0.5) is 0 Å². The molecular formula is C16H21N3O3. The standard InChI is InChI=1S/C16H21N3O3/c1-4-18(9-10-20)16(21)13-7-8-19(17-13)14-11-12(2)5-6-15(14)22-3/h5-8,11,20H,4,9-10H2,1-3H3. The molecule has 6 nitrogen and oxygen atoms in total. The summed E-state index contributed by atoms with van der Waals surface area (Å²) in [5, 5.41) is 13.4. The highest BCUT2D eigenvalue weighted by atomic mass is 16.5. The molecule has 0 fully saturated rings. The van der Waals surface area contributed by atoms with E-state index >= 15 is 0 Å². The van der Waals surface area contributed by atoms with E-state index in [0.29, 0.717) is 24.5 Å². The van der Waals surface area contributed by atoms with E-state index in [9.17, 15) is 4.79 Å². The van der Waals surface area contributed by atoms with E-state index in [0.717, 1.165) is 11.3 Å². The first-order valence-corrected chi connectivity index (χ1v) is 7.21. The fraction of sp³-hybridized carbons (Fsp3) is 0.375. The zero-order valence-corrected chi connectivity index (χ0v) is 13.1. The Kier molecular flexibility index (Phi) is 5.16. The molecule has 1 heterocycles. The number of aliphatic hydroxyl groups excluding tert-OH is 1. The van der Waals surface area contributed by atoms with Gasteiger partial charge in [0.05, 0.1) is 13.7 Å². The van der Waals surface area contributed by atoms with Crippen molar-refractivity contribution in [2.45, 2.75) is 13.8 Å². The van der Waals surface area contributed by atoms with Crippen molar-refractivity contribution in [1.29, 1.82) is 0 Å². The van der Waals surface area contributed by atoms with Gasteiger partial charge in [-0.1, -0.05) is 6.07 Å². The van der Waals surface area contributed by atoms with Gasteiger partial charge in [-0.2, -0.15) is 5.10 Å². The number of hydrogen-bond donors (Lipinski definition) is 1. The maximum atomic E-state index is 12.3. The van der Waals surface area contributed by atoms with Gasteiger partial charge in [0.25, 0.3) is 5.91 Å². The van der Waals surface area contributed by atoms with Crippen molar-refractivity contribution in [2.24, 2.45) is 0 Å². The Morgan fingerprint density at radius 2 is 2.18 bits per heavy atom. The summed E-state index contributed by atoms with van der Waals surface area (Å²) in [6, 6.07) is 7.45. The van der Waals surface area contributed by atoms with E-state index in [1.807, 2.05) is 32.0 Å². The van der Waals surface area contributed by atoms with Gasteiger partial charge in [-0.25, -0.2) is 4.68 Å². The predicted octanol–water partition coefficient (Wildman–Crippen LogP) is 1.64. The summed E-state index contributed by atoms with van der Waals surface area (Å²) in [4.78, 5) is 13.9. The Morgan fingerprint density at radius 3 is 2.82 bits per heavy atom. The molecule has 0 spiro atoms. The minimum absolute atomic E-state index is 0.0635. The van der Waals surface area contributed by atoms with Crippen molar-refractivity contribution in [2.75, 3.05) is 26.8 Å². The highest BCUT2D eigenvalue weighted by Crippen LogP contribution is 2.23. The number of benzene rings is 1. The smallest absolute Gasteiger partial charge is 0.274 e. The van der Waals surface area contributed by atoms with Gasteiger partial charge in [0.1, 0.15) is 11.4 Å². The van der Waals surface area contributed by atoms with Crippen LogP contribution in [0.25, 0.3) is 5.69 Å². The molecule has 0 aliphatic rings. The largest absolute Gasteiger partial charge is 0.494 e. The Hall–Kier alpha value is -2.34. The molecule has 6 heteroatoms. The van der Waals surface area contributed by atoms with Crippen LogP contribution < -0.4 is 4.74 Å². The zero-order chi connectivity index (χ0) is 16.1. The minimum atomic E-state index is -0.193. The van der Waals surface area contributed by atoms with E-state index < -0.39 is 0 Å². The Morgan fingerprint density at radius 1 is 1.41 bits per heavy atom. The molecule has 0 radical (unpaired) electrons. The minimum Gasteiger partial charge on any atom is -0.494 e. The number of amides is 1. The number of nitrogens with zero attached hydrogens (tertiary/aromatic N) is 3.